The van der Waals surface area contributed by atoms with Gasteiger partial charge in [0, 0.05) is 6.54 Å². The first-order chi connectivity index (χ1) is 9.78. The maximum absolute atomic E-state index is 3.99. The Kier molecular flexibility index (Phi) is 4.97. The summed E-state index contributed by atoms with van der Waals surface area (Å²) in [5.41, 5.74) is 2.81. The molecular weight excluding hydrogens is 242 g/mol. The summed E-state index contributed by atoms with van der Waals surface area (Å²) in [5.74, 6) is 0. The lowest BCUT2D eigenvalue weighted by atomic mass is 9.77. The Bertz CT molecular complexity index is 500. The Hall–Kier alpha value is -1.60. The molecule has 0 radical (unpaired) electrons. The van der Waals surface area contributed by atoms with E-state index in [0.29, 0.717) is 0 Å². The van der Waals surface area contributed by atoms with Crippen molar-refractivity contribution in [1.82, 2.24) is 4.90 Å². The molecule has 1 aromatic rings. The van der Waals surface area contributed by atoms with Gasteiger partial charge in [0.15, 0.2) is 0 Å². The third-order valence-electron chi connectivity index (χ3n) is 4.08. The van der Waals surface area contributed by atoms with Gasteiger partial charge in [-0.15, -0.1) is 13.2 Å². The van der Waals surface area contributed by atoms with Crippen LogP contribution in [0.4, 0.5) is 0 Å². The molecule has 0 fully saturated rings. The van der Waals surface area contributed by atoms with Crippen LogP contribution in [0, 0.1) is 0 Å². The molecule has 0 bridgehead atoms. The van der Waals surface area contributed by atoms with Gasteiger partial charge in [-0.3, -0.25) is 4.90 Å². The van der Waals surface area contributed by atoms with Gasteiger partial charge >= 0.3 is 0 Å². The van der Waals surface area contributed by atoms with Crippen molar-refractivity contribution in [3.63, 3.8) is 0 Å². The average Bonchev–Trinajstić information content (AvgIpc) is 2.48. The molecule has 1 nitrogen and oxygen atoms in total. The predicted octanol–water partition coefficient (Wildman–Crippen LogP) is 4.47. The van der Waals surface area contributed by atoms with Crippen molar-refractivity contribution >= 4 is 0 Å². The van der Waals surface area contributed by atoms with E-state index in [2.05, 4.69) is 61.4 Å². The minimum atomic E-state index is -0.0548. The van der Waals surface area contributed by atoms with Gasteiger partial charge in [-0.25, -0.2) is 0 Å². The molecule has 1 atom stereocenters. The fourth-order valence-electron chi connectivity index (χ4n) is 3.27. The number of benzene rings is 1. The normalized spacial score (nSPS) is 20.7. The largest absolute Gasteiger partial charge is 0.286 e. The first-order valence-corrected chi connectivity index (χ1v) is 7.51. The number of fused-ring (bicyclic) bond motifs is 1. The first-order valence-electron chi connectivity index (χ1n) is 7.51. The number of hydrogen-bond acceptors (Lipinski definition) is 1. The summed E-state index contributed by atoms with van der Waals surface area (Å²) >= 11 is 0. The van der Waals surface area contributed by atoms with Crippen molar-refractivity contribution in [3.05, 3.63) is 72.9 Å². The lowest BCUT2D eigenvalue weighted by molar-refractivity contribution is 0.145. The van der Waals surface area contributed by atoms with Crippen LogP contribution in [0.1, 0.15) is 30.9 Å². The summed E-state index contributed by atoms with van der Waals surface area (Å²) in [4.78, 5) is 2.52. The zero-order valence-electron chi connectivity index (χ0n) is 12.5. The minimum absolute atomic E-state index is 0.0548. The van der Waals surface area contributed by atoms with Crippen molar-refractivity contribution in [2.75, 3.05) is 13.1 Å². The molecule has 0 aliphatic heterocycles. The lowest BCUT2D eigenvalue weighted by Crippen LogP contribution is -2.46. The van der Waals surface area contributed by atoms with Crippen LogP contribution >= 0.6 is 0 Å². The van der Waals surface area contributed by atoms with Gasteiger partial charge < -0.3 is 0 Å². The molecule has 0 heterocycles. The molecule has 0 amide bonds. The van der Waals surface area contributed by atoms with Crippen LogP contribution in [0.25, 0.3) is 0 Å². The number of nitrogens with zero attached hydrogens (tertiary/aromatic N) is 1. The van der Waals surface area contributed by atoms with Crippen LogP contribution in [-0.4, -0.2) is 18.0 Å². The van der Waals surface area contributed by atoms with Crippen molar-refractivity contribution < 1.29 is 0 Å². The quantitative estimate of drug-likeness (QED) is 0.659. The fourth-order valence-corrected chi connectivity index (χ4v) is 3.27. The molecule has 20 heavy (non-hydrogen) atoms. The minimum Gasteiger partial charge on any atom is -0.286 e. The van der Waals surface area contributed by atoms with E-state index in [1.165, 1.54) is 11.1 Å². The van der Waals surface area contributed by atoms with E-state index < -0.39 is 0 Å². The predicted molar refractivity (Wildman–Crippen MR) is 87.8 cm³/mol. The molecule has 0 saturated heterocycles. The average molecular weight is 267 g/mol. The number of rotatable bonds is 7. The Balaban J connectivity index is 2.52. The monoisotopic (exact) mass is 267 g/mol. The lowest BCUT2D eigenvalue weighted by Gasteiger charge is -2.44. The van der Waals surface area contributed by atoms with Crippen LogP contribution in [0.5, 0.6) is 0 Å². The third-order valence-corrected chi connectivity index (χ3v) is 4.08. The topological polar surface area (TPSA) is 3.24 Å². The molecule has 1 heteroatoms. The summed E-state index contributed by atoms with van der Waals surface area (Å²) in [6.45, 7) is 12.1. The summed E-state index contributed by atoms with van der Waals surface area (Å²) in [6.07, 6.45) is 11.8. The summed E-state index contributed by atoms with van der Waals surface area (Å²) < 4.78 is 0. The third kappa shape index (κ3) is 2.64. The van der Waals surface area contributed by atoms with Gasteiger partial charge in [-0.1, -0.05) is 55.5 Å². The Morgan fingerprint density at radius 3 is 2.75 bits per heavy atom. The maximum Gasteiger partial charge on any atom is 0.0685 e. The van der Waals surface area contributed by atoms with Gasteiger partial charge in [-0.05, 0) is 36.9 Å². The Labute approximate surface area is 123 Å². The number of hydrogen-bond donors (Lipinski definition) is 0. The summed E-state index contributed by atoms with van der Waals surface area (Å²) in [5, 5.41) is 0. The zero-order chi connectivity index (χ0) is 14.4. The highest BCUT2D eigenvalue weighted by molar-refractivity contribution is 5.43. The first kappa shape index (κ1) is 14.8. The van der Waals surface area contributed by atoms with Gasteiger partial charge in [0.1, 0.15) is 0 Å². The van der Waals surface area contributed by atoms with Crippen LogP contribution in [-0.2, 0) is 12.0 Å². The Morgan fingerprint density at radius 2 is 2.05 bits per heavy atom. The van der Waals surface area contributed by atoms with Gasteiger partial charge in [-0.2, -0.15) is 0 Å². The van der Waals surface area contributed by atoms with E-state index in [-0.39, 0.29) is 5.54 Å². The zero-order valence-corrected chi connectivity index (χ0v) is 12.5. The van der Waals surface area contributed by atoms with Crippen molar-refractivity contribution in [1.29, 1.82) is 0 Å². The molecular formula is C19H25N. The summed E-state index contributed by atoms with van der Waals surface area (Å²) in [7, 11) is 0. The molecule has 0 saturated carbocycles. The molecule has 1 aromatic carbocycles. The van der Waals surface area contributed by atoms with E-state index in [1.807, 2.05) is 12.2 Å². The highest BCUT2D eigenvalue weighted by atomic mass is 15.2. The van der Waals surface area contributed by atoms with Crippen LogP contribution < -0.4 is 0 Å². The van der Waals surface area contributed by atoms with E-state index in [0.717, 1.165) is 32.4 Å². The van der Waals surface area contributed by atoms with E-state index in [9.17, 15) is 0 Å². The smallest absolute Gasteiger partial charge is 0.0685 e. The second kappa shape index (κ2) is 6.71. The highest BCUT2D eigenvalue weighted by Crippen LogP contribution is 2.39. The Morgan fingerprint density at radius 1 is 1.25 bits per heavy atom. The van der Waals surface area contributed by atoms with Crippen molar-refractivity contribution in [3.8, 4) is 0 Å². The molecule has 0 aromatic heterocycles. The van der Waals surface area contributed by atoms with Crippen LogP contribution in [0.15, 0.2) is 61.7 Å². The maximum atomic E-state index is 3.99. The molecule has 1 aliphatic carbocycles. The highest BCUT2D eigenvalue weighted by Gasteiger charge is 2.36. The van der Waals surface area contributed by atoms with E-state index >= 15 is 0 Å². The molecule has 106 valence electrons. The molecule has 2 rings (SSSR count). The van der Waals surface area contributed by atoms with Crippen molar-refractivity contribution in [2.24, 2.45) is 0 Å². The second-order valence-corrected chi connectivity index (χ2v) is 5.42. The van der Waals surface area contributed by atoms with E-state index in [4.69, 9.17) is 0 Å². The summed E-state index contributed by atoms with van der Waals surface area (Å²) in [6, 6.07) is 8.80. The molecule has 1 aliphatic rings. The van der Waals surface area contributed by atoms with Gasteiger partial charge in [0.2, 0.25) is 0 Å². The van der Waals surface area contributed by atoms with Crippen LogP contribution in [0.3, 0.4) is 0 Å². The standard InChI is InChI=1S/C19H25N/c1-4-13-19(20(15-5-2)16-6-3)14-9-11-17-10-7-8-12-18(17)19/h4-5,7-10,12,14H,1-2,6,11,13,15-16H2,3H3. The SMILES string of the molecule is C=CCN(CCC)C1(CC=C)C=CCc2ccccc21. The van der Waals surface area contributed by atoms with Gasteiger partial charge in [0.25, 0.3) is 0 Å². The molecule has 0 spiro atoms. The van der Waals surface area contributed by atoms with Gasteiger partial charge in [0.05, 0.1) is 5.54 Å². The second-order valence-electron chi connectivity index (χ2n) is 5.42. The van der Waals surface area contributed by atoms with Crippen molar-refractivity contribution in [2.45, 2.75) is 31.7 Å². The van der Waals surface area contributed by atoms with Crippen LogP contribution in [0.2, 0.25) is 0 Å². The number of allylic oxidation sites excluding steroid dienone is 1. The molecule has 1 unspecified atom stereocenters. The molecule has 0 N–H and O–H groups in total. The van der Waals surface area contributed by atoms with E-state index in [1.54, 1.807) is 0 Å². The fraction of sp³-hybridized carbons (Fsp3) is 0.368.